The van der Waals surface area contributed by atoms with E-state index in [1.54, 1.807) is 7.11 Å². The minimum absolute atomic E-state index is 0.460. The van der Waals surface area contributed by atoms with Crippen LogP contribution in [0.25, 0.3) is 0 Å². The van der Waals surface area contributed by atoms with E-state index in [0.29, 0.717) is 6.61 Å². The summed E-state index contributed by atoms with van der Waals surface area (Å²) in [6, 6.07) is 9.81. The Bertz CT molecular complexity index is 411. The zero-order valence-corrected chi connectivity index (χ0v) is 11.9. The van der Waals surface area contributed by atoms with Gasteiger partial charge in [0.25, 0.3) is 0 Å². The quantitative estimate of drug-likeness (QED) is 0.732. The van der Waals surface area contributed by atoms with Gasteiger partial charge in [-0.2, -0.15) is 5.26 Å². The molecule has 0 spiro atoms. The van der Waals surface area contributed by atoms with Gasteiger partial charge < -0.3 is 9.47 Å². The van der Waals surface area contributed by atoms with Crippen molar-refractivity contribution in [3.63, 3.8) is 0 Å². The second-order valence-electron chi connectivity index (χ2n) is 4.60. The molecule has 0 aromatic heterocycles. The molecule has 1 atom stereocenters. The smallest absolute Gasteiger partial charge is 0.119 e. The number of benzene rings is 1. The first-order valence-corrected chi connectivity index (χ1v) is 6.56. The maximum atomic E-state index is 9.12. The van der Waals surface area contributed by atoms with E-state index in [1.807, 2.05) is 38.1 Å². The van der Waals surface area contributed by atoms with Gasteiger partial charge in [0.2, 0.25) is 0 Å². The molecule has 0 saturated heterocycles. The van der Waals surface area contributed by atoms with Crippen molar-refractivity contribution in [2.75, 3.05) is 20.3 Å². The maximum Gasteiger partial charge on any atom is 0.119 e. The minimum Gasteiger partial charge on any atom is -0.497 e. The molecule has 19 heavy (non-hydrogen) atoms. The second-order valence-corrected chi connectivity index (χ2v) is 4.60. The number of hydrogen-bond acceptors (Lipinski definition) is 4. The van der Waals surface area contributed by atoms with Crippen LogP contribution >= 0.6 is 0 Å². The molecule has 0 aliphatic carbocycles. The largest absolute Gasteiger partial charge is 0.497 e. The van der Waals surface area contributed by atoms with E-state index in [4.69, 9.17) is 14.7 Å². The SMILES string of the molecule is CCNC(C)(C#N)CCCOc1ccc(OC)cc1. The van der Waals surface area contributed by atoms with Gasteiger partial charge in [-0.25, -0.2) is 0 Å². The van der Waals surface area contributed by atoms with Crippen molar-refractivity contribution in [3.05, 3.63) is 24.3 Å². The first-order chi connectivity index (χ1) is 9.13. The first kappa shape index (κ1) is 15.3. The highest BCUT2D eigenvalue weighted by Crippen LogP contribution is 2.18. The Morgan fingerprint density at radius 3 is 2.42 bits per heavy atom. The highest BCUT2D eigenvalue weighted by Gasteiger charge is 2.21. The molecule has 1 aromatic carbocycles. The molecule has 4 nitrogen and oxygen atoms in total. The van der Waals surface area contributed by atoms with Crippen molar-refractivity contribution in [1.29, 1.82) is 5.26 Å². The number of nitrogens with zero attached hydrogens (tertiary/aromatic N) is 1. The van der Waals surface area contributed by atoms with E-state index >= 15 is 0 Å². The van der Waals surface area contributed by atoms with Crippen molar-refractivity contribution in [1.82, 2.24) is 5.32 Å². The fourth-order valence-corrected chi connectivity index (χ4v) is 1.86. The number of rotatable bonds is 8. The lowest BCUT2D eigenvalue weighted by Gasteiger charge is -2.22. The van der Waals surface area contributed by atoms with Crippen LogP contribution in [0.4, 0.5) is 0 Å². The van der Waals surface area contributed by atoms with Gasteiger partial charge in [0.15, 0.2) is 0 Å². The molecule has 0 aliphatic heterocycles. The van der Waals surface area contributed by atoms with Gasteiger partial charge in [-0.15, -0.1) is 0 Å². The Morgan fingerprint density at radius 1 is 1.26 bits per heavy atom. The van der Waals surface area contributed by atoms with Crippen LogP contribution in [0.15, 0.2) is 24.3 Å². The number of nitrogens with one attached hydrogen (secondary N) is 1. The predicted octanol–water partition coefficient (Wildman–Crippen LogP) is 2.75. The summed E-state index contributed by atoms with van der Waals surface area (Å²) in [7, 11) is 1.64. The van der Waals surface area contributed by atoms with Crippen LogP contribution in [-0.2, 0) is 0 Å². The lowest BCUT2D eigenvalue weighted by Crippen LogP contribution is -2.40. The monoisotopic (exact) mass is 262 g/mol. The molecule has 0 heterocycles. The molecule has 0 saturated carbocycles. The Hall–Kier alpha value is -1.73. The van der Waals surface area contributed by atoms with E-state index in [-0.39, 0.29) is 0 Å². The molecule has 0 amide bonds. The number of methoxy groups -OCH3 is 1. The molecule has 4 heteroatoms. The van der Waals surface area contributed by atoms with Gasteiger partial charge in [0.05, 0.1) is 19.8 Å². The summed E-state index contributed by atoms with van der Waals surface area (Å²) in [5.41, 5.74) is -0.460. The lowest BCUT2D eigenvalue weighted by molar-refractivity contribution is 0.286. The molecule has 0 fully saturated rings. The second kappa shape index (κ2) is 7.65. The van der Waals surface area contributed by atoms with Gasteiger partial charge >= 0.3 is 0 Å². The highest BCUT2D eigenvalue weighted by atomic mass is 16.5. The van der Waals surface area contributed by atoms with Crippen LogP contribution in [-0.4, -0.2) is 25.8 Å². The van der Waals surface area contributed by atoms with Crippen molar-refractivity contribution in [2.45, 2.75) is 32.2 Å². The average molecular weight is 262 g/mol. The van der Waals surface area contributed by atoms with Crippen LogP contribution in [0.2, 0.25) is 0 Å². The summed E-state index contributed by atoms with van der Waals surface area (Å²) in [6.07, 6.45) is 1.61. The van der Waals surface area contributed by atoms with Gasteiger partial charge in [0.1, 0.15) is 17.0 Å². The Labute approximate surface area is 115 Å². The maximum absolute atomic E-state index is 9.12. The number of ether oxygens (including phenoxy) is 2. The molecule has 104 valence electrons. The van der Waals surface area contributed by atoms with Crippen molar-refractivity contribution >= 4 is 0 Å². The minimum atomic E-state index is -0.460. The average Bonchev–Trinajstić information content (AvgIpc) is 2.44. The summed E-state index contributed by atoms with van der Waals surface area (Å²) in [5.74, 6) is 1.64. The molecule has 0 bridgehead atoms. The van der Waals surface area contributed by atoms with E-state index in [1.165, 1.54) is 0 Å². The molecule has 1 N–H and O–H groups in total. The van der Waals surface area contributed by atoms with Crippen LogP contribution in [0, 0.1) is 11.3 Å². The predicted molar refractivity (Wildman–Crippen MR) is 75.4 cm³/mol. The number of nitriles is 1. The van der Waals surface area contributed by atoms with E-state index in [0.717, 1.165) is 30.9 Å². The molecule has 1 rings (SSSR count). The fraction of sp³-hybridized carbons (Fsp3) is 0.533. The van der Waals surface area contributed by atoms with Crippen molar-refractivity contribution < 1.29 is 9.47 Å². The van der Waals surface area contributed by atoms with Crippen LogP contribution in [0.3, 0.4) is 0 Å². The zero-order chi connectivity index (χ0) is 14.1. The Morgan fingerprint density at radius 2 is 1.89 bits per heavy atom. The Kier molecular flexibility index (Phi) is 6.17. The summed E-state index contributed by atoms with van der Waals surface area (Å²) < 4.78 is 10.7. The van der Waals surface area contributed by atoms with Crippen molar-refractivity contribution in [2.24, 2.45) is 0 Å². The molecule has 0 aliphatic rings. The first-order valence-electron chi connectivity index (χ1n) is 6.56. The summed E-state index contributed by atoms with van der Waals surface area (Å²) in [6.45, 7) is 5.33. The van der Waals surface area contributed by atoms with Crippen LogP contribution in [0.1, 0.15) is 26.7 Å². The van der Waals surface area contributed by atoms with Crippen LogP contribution < -0.4 is 14.8 Å². The van der Waals surface area contributed by atoms with E-state index < -0.39 is 5.54 Å². The van der Waals surface area contributed by atoms with E-state index in [2.05, 4.69) is 11.4 Å². The number of hydrogen-bond donors (Lipinski definition) is 1. The molecular weight excluding hydrogens is 240 g/mol. The zero-order valence-electron chi connectivity index (χ0n) is 11.9. The summed E-state index contributed by atoms with van der Waals surface area (Å²) in [5, 5.41) is 12.3. The Balaban J connectivity index is 2.32. The third-order valence-electron chi connectivity index (χ3n) is 2.96. The van der Waals surface area contributed by atoms with E-state index in [9.17, 15) is 0 Å². The lowest BCUT2D eigenvalue weighted by atomic mass is 9.98. The molecule has 0 radical (unpaired) electrons. The normalized spacial score (nSPS) is 13.4. The fourth-order valence-electron chi connectivity index (χ4n) is 1.86. The summed E-state index contributed by atoms with van der Waals surface area (Å²) >= 11 is 0. The summed E-state index contributed by atoms with van der Waals surface area (Å²) in [4.78, 5) is 0. The van der Waals surface area contributed by atoms with Gasteiger partial charge in [-0.1, -0.05) is 6.92 Å². The van der Waals surface area contributed by atoms with Crippen LogP contribution in [0.5, 0.6) is 11.5 Å². The molecule has 1 unspecified atom stereocenters. The topological polar surface area (TPSA) is 54.3 Å². The van der Waals surface area contributed by atoms with Gasteiger partial charge in [0, 0.05) is 0 Å². The van der Waals surface area contributed by atoms with Crippen molar-refractivity contribution in [3.8, 4) is 17.6 Å². The molecular formula is C15H22N2O2. The third-order valence-corrected chi connectivity index (χ3v) is 2.96. The highest BCUT2D eigenvalue weighted by molar-refractivity contribution is 5.31. The standard InChI is InChI=1S/C15H22N2O2/c1-4-17-15(2,12-16)10-5-11-19-14-8-6-13(18-3)7-9-14/h6-9,17H,4-5,10-11H2,1-3H3. The van der Waals surface area contributed by atoms with Gasteiger partial charge in [-0.05, 0) is 50.6 Å². The molecule has 1 aromatic rings. The van der Waals surface area contributed by atoms with Gasteiger partial charge in [-0.3, -0.25) is 5.32 Å². The third kappa shape index (κ3) is 5.19.